The van der Waals surface area contributed by atoms with Crippen molar-refractivity contribution < 1.29 is 48.2 Å². The van der Waals surface area contributed by atoms with Crippen LogP contribution < -0.4 is 76.8 Å². The molecule has 81 heavy (non-hydrogen) atoms. The van der Waals surface area contributed by atoms with Gasteiger partial charge in [-0.1, -0.05) is 116 Å². The topological polar surface area (TPSA) is 305 Å². The van der Waals surface area contributed by atoms with Gasteiger partial charge in [0.05, 0.1) is 43.9 Å². The number of benzene rings is 5. The summed E-state index contributed by atoms with van der Waals surface area (Å²) in [5.41, 5.74) is 38.9. The molecule has 19 nitrogen and oxygen atoms in total. The van der Waals surface area contributed by atoms with Crippen LogP contribution in [0.1, 0.15) is 98.4 Å². The van der Waals surface area contributed by atoms with Crippen LogP contribution in [0.15, 0.2) is 91.0 Å². The molecule has 0 saturated heterocycles. The first kappa shape index (κ1) is 65.5. The molecule has 0 bridgehead atoms. The number of nitrogens with two attached hydrogens (primary N) is 4. The smallest absolute Gasteiger partial charge is 0.326 e. The Balaban J connectivity index is 0.000000217. The Morgan fingerprint density at radius 1 is 0.420 bits per heavy atom. The minimum atomic E-state index is -0.885. The molecule has 5 aliphatic rings. The van der Waals surface area contributed by atoms with Crippen molar-refractivity contribution in [1.29, 1.82) is 0 Å². The van der Waals surface area contributed by atoms with Crippen molar-refractivity contribution in [3.05, 3.63) is 119 Å². The number of hydrogen-bond donors (Lipinski definition) is 12. The summed E-state index contributed by atoms with van der Waals surface area (Å²) in [6.45, 7) is 18.4. The molecule has 0 aliphatic carbocycles. The second-order valence-corrected chi connectivity index (χ2v) is 19.7. The van der Waals surface area contributed by atoms with Crippen molar-refractivity contribution >= 4 is 102 Å². The van der Waals surface area contributed by atoms with Gasteiger partial charge in [-0.25, -0.2) is 0 Å². The average molecular weight is 1620 g/mol. The quantitative estimate of drug-likeness (QED) is 0.0461. The molecule has 16 N–H and O–H groups in total. The number of rotatable bonds is 17. The summed E-state index contributed by atoms with van der Waals surface area (Å²) >= 11 is 0. The van der Waals surface area contributed by atoms with Gasteiger partial charge < -0.3 is 88.1 Å². The molecule has 5 atom stereocenters. The monoisotopic (exact) mass is 1620 g/mol. The van der Waals surface area contributed by atoms with Crippen LogP contribution in [0.3, 0.4) is 0 Å². The predicted molar refractivity (Wildman–Crippen MR) is 325 cm³/mol. The molecular weight excluding hydrogens is 1530 g/mol. The number of fused-ring (bicyclic) bond motifs is 5. The second kappa shape index (κ2) is 31.1. The SMILES string of the molecule is CB1O[C@@H](CN)c2cccc(NCC(=O)O)c21.CB1O[C@H](CN)c2cccc(NCC(=O)O)c21.CC[C@@H]1OB(C)c2c(NCN)cccc21.CC[C@@H]1OB(C)c2c(NCO)cccc21.CC[C@H]1OB(C)c2c(NCN)cccc21.[Rf].[Rf]. The number of carbonyl (C=O) groups is 2. The third-order valence-corrected chi connectivity index (χ3v) is 14.6. The van der Waals surface area contributed by atoms with Crippen LogP contribution in [-0.4, -0.2) is 108 Å². The summed E-state index contributed by atoms with van der Waals surface area (Å²) in [4.78, 5) is 21.1. The zero-order valence-corrected chi connectivity index (χ0v) is 61.2. The van der Waals surface area contributed by atoms with Gasteiger partial charge in [0, 0.05) is 41.5 Å². The summed E-state index contributed by atoms with van der Waals surface area (Å²) in [5.74, 6) is -1.77. The maximum atomic E-state index is 10.6. The Morgan fingerprint density at radius 3 is 0.877 bits per heavy atom. The molecule has 0 saturated carbocycles. The van der Waals surface area contributed by atoms with E-state index in [2.05, 4.69) is 110 Å². The number of anilines is 5. The zero-order valence-electron chi connectivity index (χ0n) is 48.4. The first-order valence-electron chi connectivity index (χ1n) is 27.5. The van der Waals surface area contributed by atoms with Crippen LogP contribution in [-0.2, 0) is 32.9 Å². The van der Waals surface area contributed by atoms with Gasteiger partial charge >= 0.3 is 46.5 Å². The Kier molecular flexibility index (Phi) is 25.1. The molecule has 10 rings (SSSR count). The van der Waals surface area contributed by atoms with E-state index in [9.17, 15) is 9.59 Å². The van der Waals surface area contributed by atoms with Crippen LogP contribution >= 0.6 is 0 Å². The van der Waals surface area contributed by atoms with E-state index >= 15 is 0 Å². The fourth-order valence-electron chi connectivity index (χ4n) is 11.3. The maximum absolute atomic E-state index is 10.6. The fourth-order valence-corrected chi connectivity index (χ4v) is 11.3. The number of aliphatic carboxylic acids is 2. The van der Waals surface area contributed by atoms with Gasteiger partial charge in [0.2, 0.25) is 0 Å². The number of carboxylic acids is 2. The first-order chi connectivity index (χ1) is 38.1. The summed E-state index contributed by atoms with van der Waals surface area (Å²) < 4.78 is 29.1. The van der Waals surface area contributed by atoms with E-state index in [1.165, 1.54) is 33.1 Å². The third-order valence-electron chi connectivity index (χ3n) is 14.6. The number of aliphatic hydroxyl groups excluding tert-OH is 1. The molecule has 0 radical (unpaired) electrons. The molecule has 0 aromatic heterocycles. The van der Waals surface area contributed by atoms with Crippen LogP contribution in [0.25, 0.3) is 0 Å². The molecule has 5 aliphatic heterocycles. The largest absolute Gasteiger partial charge is 0.480 e. The Bertz CT molecular complexity index is 2580. The van der Waals surface area contributed by atoms with Crippen LogP contribution in [0.5, 0.6) is 0 Å². The molecule has 0 unspecified atom stereocenters. The van der Waals surface area contributed by atoms with Crippen molar-refractivity contribution in [3.8, 4) is 0 Å². The van der Waals surface area contributed by atoms with E-state index in [1.807, 2.05) is 62.2 Å². The van der Waals surface area contributed by atoms with Gasteiger partial charge in [0.15, 0.2) is 0 Å². The molecule has 5 heterocycles. The summed E-state index contributed by atoms with van der Waals surface area (Å²) in [6.07, 6.45) is 3.53. The second-order valence-electron chi connectivity index (χ2n) is 19.7. The molecule has 5 aromatic rings. The van der Waals surface area contributed by atoms with E-state index in [4.69, 9.17) is 61.5 Å². The molecule has 0 spiro atoms. The minimum absolute atomic E-state index is 0. The standard InChI is InChI=1S/2C11H15BN2O3.2C11H17BN2O.C11H16BNO2.2Rf/c2*1-12-11-7(9(5-13)17-12)3-2-4-8(11)14-6-10(15)16;2*1-3-10-8-5-4-6-9(14-7-13)11(8)12(2)15-10;1-3-10-8-5-4-6-9(13-7-14)11(8)12(2)15-10;;/h2*2-4,9,14H,5-6,13H2,1H3,(H,15,16);2*4-6,10,14H,3,7,13H2,1-2H3;4-6,10,13-14H,3,7H2,1-2H3;;/t2*9-;3*10-;;/m10100../s1. The van der Waals surface area contributed by atoms with Gasteiger partial charge in [0.1, 0.15) is 19.8 Å². The predicted octanol–water partition coefficient (Wildman–Crippen LogP) is 4.09. The van der Waals surface area contributed by atoms with Crippen molar-refractivity contribution in [2.45, 2.75) is 105 Å². The third kappa shape index (κ3) is 15.5. The molecule has 26 heteroatoms. The van der Waals surface area contributed by atoms with Crippen LogP contribution in [0.4, 0.5) is 28.4 Å². The van der Waals surface area contributed by atoms with Gasteiger partial charge in [0.25, 0.3) is 0 Å². The molecule has 0 fully saturated rings. The fraction of sp³-hybridized carbons (Fsp3) is 0.418. The van der Waals surface area contributed by atoms with Gasteiger partial charge in [-0.3, -0.25) is 9.59 Å². The van der Waals surface area contributed by atoms with Gasteiger partial charge in [-0.15, -0.1) is 0 Å². The number of carboxylic acid groups (broad SMARTS) is 2. The Labute approximate surface area is 467 Å². The number of hydrogen-bond acceptors (Lipinski definition) is 17. The number of aliphatic hydroxyl groups is 1. The minimum Gasteiger partial charge on any atom is -0.480 e. The Hall–Kier alpha value is -8.04. The van der Waals surface area contributed by atoms with E-state index in [1.54, 1.807) is 0 Å². The zero-order chi connectivity index (χ0) is 57.3. The summed E-state index contributed by atoms with van der Waals surface area (Å²) in [7, 11) is 0. The van der Waals surface area contributed by atoms with Crippen molar-refractivity contribution in [3.63, 3.8) is 0 Å². The van der Waals surface area contributed by atoms with Crippen LogP contribution in [0, 0.1) is 0 Å². The molecular formula is C55H80B5N9O10Rf2. The van der Waals surface area contributed by atoms with Crippen molar-refractivity contribution in [1.82, 2.24) is 0 Å². The van der Waals surface area contributed by atoms with Crippen molar-refractivity contribution in [2.75, 3.05) is 72.8 Å². The van der Waals surface area contributed by atoms with Gasteiger partial charge in [-0.05, 0) is 105 Å². The molecule has 5 aromatic carbocycles. The normalized spacial score (nSPS) is 18.2. The summed E-state index contributed by atoms with van der Waals surface area (Å²) in [5, 5.41) is 41.4. The summed E-state index contributed by atoms with van der Waals surface area (Å²) in [6, 6.07) is 30.0. The van der Waals surface area contributed by atoms with E-state index in [0.29, 0.717) is 26.4 Å². The van der Waals surface area contributed by atoms with E-state index < -0.39 is 11.9 Å². The molecule has 0 amide bonds. The van der Waals surface area contributed by atoms with Crippen LogP contribution in [0.2, 0.25) is 34.1 Å². The number of nitrogens with one attached hydrogen (secondary N) is 5. The van der Waals surface area contributed by atoms with Gasteiger partial charge in [-0.2, -0.15) is 0 Å². The molecule has 424 valence electrons. The van der Waals surface area contributed by atoms with Crippen molar-refractivity contribution in [2.24, 2.45) is 22.9 Å². The maximum Gasteiger partial charge on any atom is 0.326 e. The van der Waals surface area contributed by atoms with E-state index in [-0.39, 0.29) is 84.9 Å². The average Bonchev–Trinajstić information content (AvgIpc) is 4.39. The first-order valence-corrected chi connectivity index (χ1v) is 27.5. The van der Waals surface area contributed by atoms with E-state index in [0.717, 1.165) is 69.8 Å². The Morgan fingerprint density at radius 2 is 0.654 bits per heavy atom.